The molecule has 0 bridgehead atoms. The first kappa shape index (κ1) is 18.4. The third kappa shape index (κ3) is 4.04. The monoisotopic (exact) mass is 361 g/mol. The summed E-state index contributed by atoms with van der Waals surface area (Å²) >= 11 is 0. The van der Waals surface area contributed by atoms with Gasteiger partial charge in [0.15, 0.2) is 5.82 Å². The molecule has 26 heavy (non-hydrogen) atoms. The van der Waals surface area contributed by atoms with Crippen LogP contribution >= 0.6 is 0 Å². The Morgan fingerprint density at radius 2 is 2.19 bits per heavy atom. The molecule has 1 aliphatic carbocycles. The first-order chi connectivity index (χ1) is 12.6. The van der Waals surface area contributed by atoms with E-state index in [4.69, 9.17) is 4.74 Å². The second-order valence-electron chi connectivity index (χ2n) is 6.75. The van der Waals surface area contributed by atoms with Gasteiger partial charge in [-0.2, -0.15) is 5.10 Å². The maximum Gasteiger partial charge on any atom is 0.320 e. The SMILES string of the molecule is COCCn1cnnc1[C@@H](C)NC(=O)Nc1c(C)cnn1C1CCCC1. The largest absolute Gasteiger partial charge is 0.383 e. The summed E-state index contributed by atoms with van der Waals surface area (Å²) in [7, 11) is 1.65. The van der Waals surface area contributed by atoms with Crippen molar-refractivity contribution < 1.29 is 9.53 Å². The van der Waals surface area contributed by atoms with Crippen LogP contribution in [0.3, 0.4) is 0 Å². The van der Waals surface area contributed by atoms with Crippen molar-refractivity contribution in [3.8, 4) is 0 Å². The van der Waals surface area contributed by atoms with Gasteiger partial charge in [-0.1, -0.05) is 12.8 Å². The zero-order chi connectivity index (χ0) is 18.5. The number of hydrogen-bond donors (Lipinski definition) is 2. The molecule has 2 amide bonds. The lowest BCUT2D eigenvalue weighted by atomic mass is 10.2. The van der Waals surface area contributed by atoms with Gasteiger partial charge in [0.25, 0.3) is 0 Å². The molecule has 2 heterocycles. The maximum absolute atomic E-state index is 12.5. The molecule has 0 saturated heterocycles. The predicted molar refractivity (Wildman–Crippen MR) is 96.9 cm³/mol. The number of carbonyl (C=O) groups excluding carboxylic acids is 1. The van der Waals surface area contributed by atoms with Crippen LogP contribution in [0.1, 0.15) is 56.1 Å². The molecular weight excluding hydrogens is 334 g/mol. The number of aryl methyl sites for hydroxylation is 1. The van der Waals surface area contributed by atoms with Gasteiger partial charge in [-0.3, -0.25) is 5.32 Å². The highest BCUT2D eigenvalue weighted by atomic mass is 16.5. The number of methoxy groups -OCH3 is 1. The minimum absolute atomic E-state index is 0.276. The van der Waals surface area contributed by atoms with E-state index in [1.54, 1.807) is 19.6 Å². The maximum atomic E-state index is 12.5. The number of hydrogen-bond acceptors (Lipinski definition) is 5. The van der Waals surface area contributed by atoms with Gasteiger partial charge in [0, 0.05) is 19.2 Å². The highest BCUT2D eigenvalue weighted by molar-refractivity contribution is 5.89. The average molecular weight is 361 g/mol. The number of ether oxygens (including phenoxy) is 1. The normalized spacial score (nSPS) is 16.0. The summed E-state index contributed by atoms with van der Waals surface area (Å²) in [5, 5.41) is 18.4. The molecule has 2 aromatic heterocycles. The van der Waals surface area contributed by atoms with E-state index >= 15 is 0 Å². The fraction of sp³-hybridized carbons (Fsp3) is 0.647. The van der Waals surface area contributed by atoms with Crippen molar-refractivity contribution >= 4 is 11.8 Å². The Bertz CT molecular complexity index is 733. The molecule has 0 radical (unpaired) electrons. The molecule has 0 unspecified atom stereocenters. The van der Waals surface area contributed by atoms with Gasteiger partial charge in [0.05, 0.1) is 24.9 Å². The smallest absolute Gasteiger partial charge is 0.320 e. The topological polar surface area (TPSA) is 98.9 Å². The first-order valence-electron chi connectivity index (χ1n) is 9.08. The molecule has 1 aliphatic rings. The van der Waals surface area contributed by atoms with E-state index in [-0.39, 0.29) is 12.1 Å². The van der Waals surface area contributed by atoms with E-state index in [1.165, 1.54) is 12.8 Å². The van der Waals surface area contributed by atoms with Crippen molar-refractivity contribution in [3.05, 3.63) is 23.9 Å². The second-order valence-corrected chi connectivity index (χ2v) is 6.75. The quantitative estimate of drug-likeness (QED) is 0.789. The number of urea groups is 1. The summed E-state index contributed by atoms with van der Waals surface area (Å²) < 4.78 is 8.92. The van der Waals surface area contributed by atoms with E-state index in [0.717, 1.165) is 24.2 Å². The van der Waals surface area contributed by atoms with Crippen LogP contribution in [0, 0.1) is 6.92 Å². The number of amides is 2. The summed E-state index contributed by atoms with van der Waals surface area (Å²) in [6.07, 6.45) is 8.09. The number of aromatic nitrogens is 5. The molecule has 1 atom stereocenters. The van der Waals surface area contributed by atoms with Crippen LogP contribution in [0.25, 0.3) is 0 Å². The van der Waals surface area contributed by atoms with Crippen molar-refractivity contribution in [2.75, 3.05) is 19.0 Å². The van der Waals surface area contributed by atoms with Gasteiger partial charge in [0.2, 0.25) is 0 Å². The lowest BCUT2D eigenvalue weighted by Crippen LogP contribution is -2.34. The lowest BCUT2D eigenvalue weighted by Gasteiger charge is -2.18. The van der Waals surface area contributed by atoms with Gasteiger partial charge in [-0.05, 0) is 26.7 Å². The highest BCUT2D eigenvalue weighted by Gasteiger charge is 2.23. The van der Waals surface area contributed by atoms with Crippen LogP contribution in [0.4, 0.5) is 10.6 Å². The van der Waals surface area contributed by atoms with Crippen molar-refractivity contribution in [2.45, 2.75) is 58.2 Å². The summed E-state index contributed by atoms with van der Waals surface area (Å²) in [6, 6.07) is -0.187. The van der Waals surface area contributed by atoms with Crippen LogP contribution in [-0.4, -0.2) is 44.3 Å². The first-order valence-corrected chi connectivity index (χ1v) is 9.08. The van der Waals surface area contributed by atoms with Crippen molar-refractivity contribution in [1.29, 1.82) is 0 Å². The fourth-order valence-electron chi connectivity index (χ4n) is 3.40. The molecule has 2 N–H and O–H groups in total. The van der Waals surface area contributed by atoms with Gasteiger partial charge in [-0.15, -0.1) is 10.2 Å². The molecule has 0 aliphatic heterocycles. The molecule has 0 aromatic carbocycles. The van der Waals surface area contributed by atoms with Gasteiger partial charge < -0.3 is 14.6 Å². The van der Waals surface area contributed by atoms with Gasteiger partial charge in [-0.25, -0.2) is 9.48 Å². The Morgan fingerprint density at radius 1 is 1.42 bits per heavy atom. The summed E-state index contributed by atoms with van der Waals surface area (Å²) in [5.41, 5.74) is 0.961. The molecule has 1 saturated carbocycles. The zero-order valence-electron chi connectivity index (χ0n) is 15.6. The van der Waals surface area contributed by atoms with E-state index in [1.807, 2.05) is 23.1 Å². The minimum Gasteiger partial charge on any atom is -0.383 e. The standard InChI is InChI=1S/C17H27N7O2/c1-12-10-19-24(14-6-4-5-7-14)15(12)21-17(25)20-13(2)16-22-18-11-23(16)8-9-26-3/h10-11,13-14H,4-9H2,1-3H3,(H2,20,21,25)/t13-/m1/s1. The van der Waals surface area contributed by atoms with Crippen molar-refractivity contribution in [3.63, 3.8) is 0 Å². The molecular formula is C17H27N7O2. The summed E-state index contributed by atoms with van der Waals surface area (Å²) in [4.78, 5) is 12.5. The Kier molecular flexibility index (Phi) is 5.87. The second kappa shape index (κ2) is 8.31. The molecule has 9 heteroatoms. The van der Waals surface area contributed by atoms with E-state index in [2.05, 4.69) is 25.9 Å². The number of nitrogens with zero attached hydrogens (tertiary/aromatic N) is 5. The molecule has 2 aromatic rings. The van der Waals surface area contributed by atoms with Crippen molar-refractivity contribution in [1.82, 2.24) is 29.9 Å². The summed E-state index contributed by atoms with van der Waals surface area (Å²) in [6.45, 7) is 5.04. The molecule has 9 nitrogen and oxygen atoms in total. The minimum atomic E-state index is -0.280. The van der Waals surface area contributed by atoms with E-state index in [0.29, 0.717) is 25.0 Å². The zero-order valence-corrected chi connectivity index (χ0v) is 15.6. The van der Waals surface area contributed by atoms with Crippen LogP contribution in [0.2, 0.25) is 0 Å². The Labute approximate surface area is 153 Å². The number of nitrogens with one attached hydrogen (secondary N) is 2. The molecule has 1 fully saturated rings. The number of carbonyl (C=O) groups is 1. The van der Waals surface area contributed by atoms with Crippen molar-refractivity contribution in [2.24, 2.45) is 0 Å². The van der Waals surface area contributed by atoms with E-state index in [9.17, 15) is 4.79 Å². The lowest BCUT2D eigenvalue weighted by molar-refractivity contribution is 0.185. The average Bonchev–Trinajstić information content (AvgIpc) is 3.35. The van der Waals surface area contributed by atoms with Gasteiger partial charge >= 0.3 is 6.03 Å². The van der Waals surface area contributed by atoms with Gasteiger partial charge in [0.1, 0.15) is 12.1 Å². The molecule has 0 spiro atoms. The van der Waals surface area contributed by atoms with Crippen LogP contribution in [-0.2, 0) is 11.3 Å². The van der Waals surface area contributed by atoms with Crippen LogP contribution in [0.5, 0.6) is 0 Å². The Morgan fingerprint density at radius 3 is 2.92 bits per heavy atom. The molecule has 3 rings (SSSR count). The number of rotatable bonds is 7. The predicted octanol–water partition coefficient (Wildman–Crippen LogP) is 2.43. The number of anilines is 1. The summed E-state index contributed by atoms with van der Waals surface area (Å²) in [5.74, 6) is 1.46. The van der Waals surface area contributed by atoms with Crippen LogP contribution < -0.4 is 10.6 Å². The van der Waals surface area contributed by atoms with Crippen LogP contribution in [0.15, 0.2) is 12.5 Å². The fourth-order valence-corrected chi connectivity index (χ4v) is 3.40. The Balaban J connectivity index is 1.64. The molecule has 142 valence electrons. The highest BCUT2D eigenvalue weighted by Crippen LogP contribution is 2.32. The van der Waals surface area contributed by atoms with E-state index < -0.39 is 0 Å². The third-order valence-corrected chi connectivity index (χ3v) is 4.80. The third-order valence-electron chi connectivity index (χ3n) is 4.80. The Hall–Kier alpha value is -2.42.